The van der Waals surface area contributed by atoms with Crippen LogP contribution in [0.4, 0.5) is 0 Å². The second-order valence-electron chi connectivity index (χ2n) is 5.26. The van der Waals surface area contributed by atoms with Crippen molar-refractivity contribution >= 4 is 34.0 Å². The van der Waals surface area contributed by atoms with E-state index in [2.05, 4.69) is 11.6 Å². The molecular weight excluding hydrogens is 342 g/mol. The third kappa shape index (κ3) is 3.22. The number of allylic oxidation sites excluding steroid dienone is 1. The van der Waals surface area contributed by atoms with Crippen LogP contribution in [0.1, 0.15) is 5.69 Å². The highest BCUT2D eigenvalue weighted by Gasteiger charge is 2.11. The fraction of sp³-hybridized carbons (Fsp3) is 0.235. The minimum atomic E-state index is -0.0631. The predicted octanol–water partition coefficient (Wildman–Crippen LogP) is 2.91. The summed E-state index contributed by atoms with van der Waals surface area (Å²) in [6.45, 7) is 6.65. The molecule has 1 aromatic carbocycles. The molecule has 7 heteroatoms. The smallest absolute Gasteiger partial charge is 0.303 e. The van der Waals surface area contributed by atoms with Crippen LogP contribution in [0, 0.1) is 6.92 Å². The summed E-state index contributed by atoms with van der Waals surface area (Å²) in [7, 11) is 0. The largest absolute Gasteiger partial charge is 0.307 e. The fourth-order valence-corrected chi connectivity index (χ4v) is 4.14. The Hall–Kier alpha value is -2.12. The van der Waals surface area contributed by atoms with Crippen molar-refractivity contribution in [1.82, 2.24) is 14.1 Å². The number of hydrogen-bond donors (Lipinski definition) is 0. The Kier molecular flexibility index (Phi) is 5.01. The van der Waals surface area contributed by atoms with Gasteiger partial charge in [0.15, 0.2) is 5.16 Å². The van der Waals surface area contributed by atoms with Gasteiger partial charge >= 0.3 is 4.87 Å². The van der Waals surface area contributed by atoms with Crippen LogP contribution >= 0.6 is 23.1 Å². The summed E-state index contributed by atoms with van der Waals surface area (Å²) in [4.78, 5) is 29.1. The van der Waals surface area contributed by atoms with E-state index in [-0.39, 0.29) is 10.4 Å². The van der Waals surface area contributed by atoms with E-state index in [1.807, 2.05) is 30.5 Å². The summed E-state index contributed by atoms with van der Waals surface area (Å²) in [5, 5.41) is 3.11. The first kappa shape index (κ1) is 16.7. The Bertz CT molecular complexity index is 1000. The Labute approximate surface area is 147 Å². The second kappa shape index (κ2) is 7.19. The van der Waals surface area contributed by atoms with E-state index in [4.69, 9.17) is 0 Å². The summed E-state index contributed by atoms with van der Waals surface area (Å²) < 4.78 is 3.37. The van der Waals surface area contributed by atoms with E-state index in [0.29, 0.717) is 34.9 Å². The second-order valence-corrected chi connectivity index (χ2v) is 7.14. The maximum Gasteiger partial charge on any atom is 0.307 e. The van der Waals surface area contributed by atoms with Crippen molar-refractivity contribution in [3.05, 3.63) is 68.0 Å². The van der Waals surface area contributed by atoms with E-state index in [9.17, 15) is 9.59 Å². The number of aryl methyl sites for hydroxylation is 1. The summed E-state index contributed by atoms with van der Waals surface area (Å²) in [5.74, 6) is 0.666. The van der Waals surface area contributed by atoms with Gasteiger partial charge in [-0.25, -0.2) is 4.98 Å². The van der Waals surface area contributed by atoms with Crippen LogP contribution in [0.5, 0.6) is 0 Å². The number of benzene rings is 1. The van der Waals surface area contributed by atoms with Gasteiger partial charge in [0.25, 0.3) is 5.56 Å². The quantitative estimate of drug-likeness (QED) is 0.386. The fourth-order valence-electron chi connectivity index (χ4n) is 2.45. The molecule has 0 saturated heterocycles. The lowest BCUT2D eigenvalue weighted by molar-refractivity contribution is 0.668. The zero-order chi connectivity index (χ0) is 17.1. The van der Waals surface area contributed by atoms with Gasteiger partial charge in [0.1, 0.15) is 0 Å². The maximum atomic E-state index is 12.6. The van der Waals surface area contributed by atoms with Crippen molar-refractivity contribution in [3.8, 4) is 0 Å². The van der Waals surface area contributed by atoms with Crippen molar-refractivity contribution < 1.29 is 0 Å². The highest BCUT2D eigenvalue weighted by molar-refractivity contribution is 7.99. The summed E-state index contributed by atoms with van der Waals surface area (Å²) in [6, 6.07) is 7.33. The van der Waals surface area contributed by atoms with E-state index in [0.717, 1.165) is 5.69 Å². The molecule has 0 spiro atoms. The van der Waals surface area contributed by atoms with Gasteiger partial charge < -0.3 is 4.57 Å². The molecule has 0 unspecified atom stereocenters. The molecule has 124 valence electrons. The summed E-state index contributed by atoms with van der Waals surface area (Å²) >= 11 is 2.69. The molecule has 0 fully saturated rings. The molecule has 0 aliphatic rings. The lowest BCUT2D eigenvalue weighted by Gasteiger charge is -2.11. The lowest BCUT2D eigenvalue weighted by Crippen LogP contribution is -2.23. The number of para-hydroxylation sites is 1. The molecule has 0 aliphatic carbocycles. The van der Waals surface area contributed by atoms with Crippen molar-refractivity contribution in [2.45, 2.75) is 25.2 Å². The van der Waals surface area contributed by atoms with Crippen molar-refractivity contribution in [3.63, 3.8) is 0 Å². The SMILES string of the molecule is C=CCn1c(SCCn2c(C)csc2=O)nc2ccccc2c1=O. The van der Waals surface area contributed by atoms with Gasteiger partial charge in [-0.05, 0) is 19.1 Å². The van der Waals surface area contributed by atoms with E-state index < -0.39 is 0 Å². The molecule has 24 heavy (non-hydrogen) atoms. The van der Waals surface area contributed by atoms with Crippen LogP contribution in [0.3, 0.4) is 0 Å². The van der Waals surface area contributed by atoms with Crippen LogP contribution in [0.25, 0.3) is 10.9 Å². The minimum Gasteiger partial charge on any atom is -0.303 e. The molecule has 0 bridgehead atoms. The predicted molar refractivity (Wildman–Crippen MR) is 100 cm³/mol. The summed E-state index contributed by atoms with van der Waals surface area (Å²) in [6.07, 6.45) is 1.69. The Morgan fingerprint density at radius 2 is 2.08 bits per heavy atom. The Morgan fingerprint density at radius 1 is 1.29 bits per heavy atom. The molecule has 3 aromatic rings. The van der Waals surface area contributed by atoms with Crippen LogP contribution in [-0.4, -0.2) is 19.9 Å². The number of nitrogens with zero attached hydrogens (tertiary/aromatic N) is 3. The molecule has 0 N–H and O–H groups in total. The van der Waals surface area contributed by atoms with E-state index in [1.54, 1.807) is 21.3 Å². The first-order valence-corrected chi connectivity index (χ1v) is 9.36. The normalized spacial score (nSPS) is 11.0. The molecule has 0 radical (unpaired) electrons. The lowest BCUT2D eigenvalue weighted by atomic mass is 10.2. The Balaban J connectivity index is 1.90. The first-order chi connectivity index (χ1) is 11.6. The van der Waals surface area contributed by atoms with Gasteiger partial charge in [0.2, 0.25) is 0 Å². The van der Waals surface area contributed by atoms with Crippen molar-refractivity contribution in [2.24, 2.45) is 0 Å². The first-order valence-electron chi connectivity index (χ1n) is 7.50. The molecule has 2 aromatic heterocycles. The van der Waals surface area contributed by atoms with Crippen LogP contribution in [0.2, 0.25) is 0 Å². The zero-order valence-electron chi connectivity index (χ0n) is 13.3. The minimum absolute atomic E-state index is 0.0445. The van der Waals surface area contributed by atoms with Gasteiger partial charge in [-0.15, -0.1) is 6.58 Å². The molecule has 0 aliphatic heterocycles. The molecular formula is C17H17N3O2S2. The number of fused-ring (bicyclic) bond motifs is 1. The number of hydrogen-bond acceptors (Lipinski definition) is 5. The van der Waals surface area contributed by atoms with Crippen LogP contribution < -0.4 is 10.4 Å². The Morgan fingerprint density at radius 3 is 2.79 bits per heavy atom. The van der Waals surface area contributed by atoms with Gasteiger partial charge in [-0.3, -0.25) is 14.2 Å². The van der Waals surface area contributed by atoms with Gasteiger partial charge in [-0.2, -0.15) is 0 Å². The third-order valence-electron chi connectivity index (χ3n) is 3.66. The topological polar surface area (TPSA) is 56.9 Å². The van der Waals surface area contributed by atoms with E-state index >= 15 is 0 Å². The monoisotopic (exact) mass is 359 g/mol. The number of thiazole rings is 1. The van der Waals surface area contributed by atoms with Crippen molar-refractivity contribution in [2.75, 3.05) is 5.75 Å². The molecule has 5 nitrogen and oxygen atoms in total. The van der Waals surface area contributed by atoms with Crippen LogP contribution in [-0.2, 0) is 13.1 Å². The average molecular weight is 359 g/mol. The number of aromatic nitrogens is 3. The summed E-state index contributed by atoms with van der Waals surface area (Å²) in [5.41, 5.74) is 1.58. The molecule has 3 rings (SSSR count). The molecule has 0 atom stereocenters. The van der Waals surface area contributed by atoms with Gasteiger partial charge in [-0.1, -0.05) is 41.3 Å². The average Bonchev–Trinajstić information content (AvgIpc) is 2.90. The number of rotatable bonds is 6. The highest BCUT2D eigenvalue weighted by atomic mass is 32.2. The van der Waals surface area contributed by atoms with Gasteiger partial charge in [0.05, 0.1) is 10.9 Å². The number of thioether (sulfide) groups is 1. The molecule has 2 heterocycles. The van der Waals surface area contributed by atoms with Crippen molar-refractivity contribution in [1.29, 1.82) is 0 Å². The third-order valence-corrected chi connectivity index (χ3v) is 5.50. The van der Waals surface area contributed by atoms with Gasteiger partial charge in [0, 0.05) is 29.9 Å². The van der Waals surface area contributed by atoms with E-state index in [1.165, 1.54) is 23.1 Å². The zero-order valence-corrected chi connectivity index (χ0v) is 14.9. The molecule has 0 amide bonds. The maximum absolute atomic E-state index is 12.6. The standard InChI is InChI=1S/C17H17N3O2S2/c1-3-8-20-15(21)13-6-4-5-7-14(13)18-16(20)23-10-9-19-12(2)11-24-17(19)22/h3-7,11H,1,8-10H2,2H3. The highest BCUT2D eigenvalue weighted by Crippen LogP contribution is 2.18. The molecule has 0 saturated carbocycles. The van der Waals surface area contributed by atoms with Crippen LogP contribution in [0.15, 0.2) is 57.0 Å².